The SMILES string of the molecule is CCNC(Cc1ccccn1)c1c(F)ccc(C)c1F. The zero-order valence-corrected chi connectivity index (χ0v) is 11.7. The molecule has 0 bridgehead atoms. The van der Waals surface area contributed by atoms with Crippen molar-refractivity contribution in [3.8, 4) is 0 Å². The molecule has 0 aliphatic carbocycles. The lowest BCUT2D eigenvalue weighted by molar-refractivity contribution is 0.468. The van der Waals surface area contributed by atoms with Gasteiger partial charge in [0.25, 0.3) is 0 Å². The van der Waals surface area contributed by atoms with E-state index in [4.69, 9.17) is 0 Å². The van der Waals surface area contributed by atoms with E-state index in [1.54, 1.807) is 13.1 Å². The van der Waals surface area contributed by atoms with E-state index in [1.807, 2.05) is 25.1 Å². The summed E-state index contributed by atoms with van der Waals surface area (Å²) >= 11 is 0. The number of nitrogens with one attached hydrogen (secondary N) is 1. The van der Waals surface area contributed by atoms with Crippen molar-refractivity contribution in [3.63, 3.8) is 0 Å². The van der Waals surface area contributed by atoms with E-state index in [9.17, 15) is 8.78 Å². The molecule has 1 heterocycles. The maximum atomic E-state index is 14.2. The van der Waals surface area contributed by atoms with Gasteiger partial charge in [-0.2, -0.15) is 0 Å². The second-order valence-electron chi connectivity index (χ2n) is 4.73. The molecule has 0 saturated heterocycles. The quantitative estimate of drug-likeness (QED) is 0.903. The van der Waals surface area contributed by atoms with Crippen LogP contribution in [0.1, 0.15) is 29.8 Å². The highest BCUT2D eigenvalue weighted by atomic mass is 19.1. The van der Waals surface area contributed by atoms with Crippen LogP contribution in [0.5, 0.6) is 0 Å². The molecule has 0 radical (unpaired) electrons. The van der Waals surface area contributed by atoms with Crippen molar-refractivity contribution in [1.82, 2.24) is 10.3 Å². The molecule has 2 rings (SSSR count). The number of aryl methyl sites for hydroxylation is 1. The Morgan fingerprint density at radius 2 is 2.00 bits per heavy atom. The summed E-state index contributed by atoms with van der Waals surface area (Å²) in [6.07, 6.45) is 2.13. The first-order chi connectivity index (χ1) is 9.63. The maximum absolute atomic E-state index is 14.2. The number of nitrogens with zero attached hydrogens (tertiary/aromatic N) is 1. The molecule has 20 heavy (non-hydrogen) atoms. The number of benzene rings is 1. The fraction of sp³-hybridized carbons (Fsp3) is 0.312. The molecule has 4 heteroatoms. The van der Waals surface area contributed by atoms with E-state index in [0.29, 0.717) is 18.5 Å². The zero-order chi connectivity index (χ0) is 14.5. The molecule has 0 amide bonds. The molecular formula is C16H18F2N2. The molecule has 1 atom stereocenters. The highest BCUT2D eigenvalue weighted by Gasteiger charge is 2.21. The fourth-order valence-electron chi connectivity index (χ4n) is 2.25. The molecule has 0 saturated carbocycles. The van der Waals surface area contributed by atoms with Crippen LogP contribution in [0, 0.1) is 18.6 Å². The first-order valence-electron chi connectivity index (χ1n) is 6.71. The van der Waals surface area contributed by atoms with Gasteiger partial charge in [-0.1, -0.05) is 19.1 Å². The molecule has 2 aromatic rings. The number of pyridine rings is 1. The Labute approximate surface area is 117 Å². The monoisotopic (exact) mass is 276 g/mol. The number of hydrogen-bond acceptors (Lipinski definition) is 2. The van der Waals surface area contributed by atoms with Crippen molar-refractivity contribution in [2.75, 3.05) is 6.54 Å². The largest absolute Gasteiger partial charge is 0.310 e. The molecule has 106 valence electrons. The summed E-state index contributed by atoms with van der Waals surface area (Å²) in [5.74, 6) is -0.998. The van der Waals surface area contributed by atoms with Gasteiger partial charge in [-0.25, -0.2) is 8.78 Å². The van der Waals surface area contributed by atoms with Crippen LogP contribution in [0.25, 0.3) is 0 Å². The molecule has 0 spiro atoms. The highest BCUT2D eigenvalue weighted by Crippen LogP contribution is 2.25. The van der Waals surface area contributed by atoms with Gasteiger partial charge in [0.05, 0.1) is 0 Å². The molecular weight excluding hydrogens is 258 g/mol. The molecule has 2 nitrogen and oxygen atoms in total. The Morgan fingerprint density at radius 3 is 2.65 bits per heavy atom. The van der Waals surface area contributed by atoms with Crippen molar-refractivity contribution in [2.45, 2.75) is 26.3 Å². The first-order valence-corrected chi connectivity index (χ1v) is 6.71. The summed E-state index contributed by atoms with van der Waals surface area (Å²) in [5.41, 5.74) is 1.35. The third-order valence-corrected chi connectivity index (χ3v) is 3.26. The number of likely N-dealkylation sites (N-methyl/N-ethyl adjacent to an activating group) is 1. The van der Waals surface area contributed by atoms with E-state index in [1.165, 1.54) is 12.1 Å². The van der Waals surface area contributed by atoms with Gasteiger partial charge in [-0.05, 0) is 37.2 Å². The van der Waals surface area contributed by atoms with E-state index >= 15 is 0 Å². The topological polar surface area (TPSA) is 24.9 Å². The fourth-order valence-corrected chi connectivity index (χ4v) is 2.25. The van der Waals surface area contributed by atoms with Gasteiger partial charge < -0.3 is 5.32 Å². The van der Waals surface area contributed by atoms with Crippen molar-refractivity contribution < 1.29 is 8.78 Å². The summed E-state index contributed by atoms with van der Waals surface area (Å²) in [4.78, 5) is 4.22. The van der Waals surface area contributed by atoms with Gasteiger partial charge in [0.15, 0.2) is 0 Å². The second-order valence-corrected chi connectivity index (χ2v) is 4.73. The van der Waals surface area contributed by atoms with Crippen LogP contribution < -0.4 is 5.32 Å². The summed E-state index contributed by atoms with van der Waals surface area (Å²) in [7, 11) is 0. The van der Waals surface area contributed by atoms with Crippen molar-refractivity contribution >= 4 is 0 Å². The Kier molecular flexibility index (Phi) is 4.79. The van der Waals surface area contributed by atoms with Gasteiger partial charge in [0.1, 0.15) is 11.6 Å². The number of aromatic nitrogens is 1. The van der Waals surface area contributed by atoms with Crippen LogP contribution in [0.2, 0.25) is 0 Å². The lowest BCUT2D eigenvalue weighted by Crippen LogP contribution is -2.25. The van der Waals surface area contributed by atoms with Crippen molar-refractivity contribution in [1.29, 1.82) is 0 Å². The number of rotatable bonds is 5. The number of hydrogen-bond donors (Lipinski definition) is 1. The third kappa shape index (κ3) is 3.20. The first kappa shape index (κ1) is 14.6. The lowest BCUT2D eigenvalue weighted by atomic mass is 9.98. The maximum Gasteiger partial charge on any atom is 0.133 e. The summed E-state index contributed by atoms with van der Waals surface area (Å²) < 4.78 is 28.2. The van der Waals surface area contributed by atoms with Gasteiger partial charge in [-0.3, -0.25) is 4.98 Å². The highest BCUT2D eigenvalue weighted by molar-refractivity contribution is 5.30. The van der Waals surface area contributed by atoms with Crippen molar-refractivity contribution in [2.24, 2.45) is 0 Å². The Morgan fingerprint density at radius 1 is 1.20 bits per heavy atom. The van der Waals surface area contributed by atoms with Crippen LogP contribution in [0.4, 0.5) is 8.78 Å². The van der Waals surface area contributed by atoms with Crippen LogP contribution in [-0.2, 0) is 6.42 Å². The van der Waals surface area contributed by atoms with E-state index < -0.39 is 17.7 Å². The van der Waals surface area contributed by atoms with Gasteiger partial charge in [0.2, 0.25) is 0 Å². The normalized spacial score (nSPS) is 12.4. The number of halogens is 2. The van der Waals surface area contributed by atoms with E-state index in [-0.39, 0.29) is 5.56 Å². The van der Waals surface area contributed by atoms with Crippen LogP contribution in [-0.4, -0.2) is 11.5 Å². The minimum Gasteiger partial charge on any atom is -0.310 e. The van der Waals surface area contributed by atoms with E-state index in [2.05, 4.69) is 10.3 Å². The van der Waals surface area contributed by atoms with Crippen LogP contribution in [0.15, 0.2) is 36.5 Å². The summed E-state index contributed by atoms with van der Waals surface area (Å²) in [5, 5.41) is 3.14. The van der Waals surface area contributed by atoms with Crippen molar-refractivity contribution in [3.05, 3.63) is 65.0 Å². The van der Waals surface area contributed by atoms with Gasteiger partial charge in [-0.15, -0.1) is 0 Å². The smallest absolute Gasteiger partial charge is 0.133 e. The molecule has 1 N–H and O–H groups in total. The van der Waals surface area contributed by atoms with Gasteiger partial charge >= 0.3 is 0 Å². The van der Waals surface area contributed by atoms with E-state index in [0.717, 1.165) is 5.69 Å². The standard InChI is InChI=1S/C16H18F2N2/c1-3-19-14(10-12-6-4-5-9-20-12)15-13(17)8-7-11(2)16(15)18/h4-9,14,19H,3,10H2,1-2H3. The van der Waals surface area contributed by atoms with Crippen LogP contribution in [0.3, 0.4) is 0 Å². The Bertz CT molecular complexity index is 570. The average molecular weight is 276 g/mol. The zero-order valence-electron chi connectivity index (χ0n) is 11.7. The average Bonchev–Trinajstić information content (AvgIpc) is 2.45. The predicted octanol–water partition coefficient (Wildman–Crippen LogP) is 3.56. The second kappa shape index (κ2) is 6.57. The molecule has 1 aromatic heterocycles. The minimum atomic E-state index is -0.519. The lowest BCUT2D eigenvalue weighted by Gasteiger charge is -2.20. The Balaban J connectivity index is 2.36. The molecule has 1 aromatic carbocycles. The molecule has 1 unspecified atom stereocenters. The molecule has 0 aliphatic rings. The summed E-state index contributed by atoms with van der Waals surface area (Å²) in [6, 6.07) is 7.90. The predicted molar refractivity (Wildman–Crippen MR) is 75.5 cm³/mol. The molecule has 0 fully saturated rings. The summed E-state index contributed by atoms with van der Waals surface area (Å²) in [6.45, 7) is 4.18. The molecule has 0 aliphatic heterocycles. The van der Waals surface area contributed by atoms with Crippen LogP contribution >= 0.6 is 0 Å². The Hall–Kier alpha value is -1.81. The minimum absolute atomic E-state index is 0.0949. The van der Waals surface area contributed by atoms with Gasteiger partial charge in [0, 0.05) is 29.9 Å². The third-order valence-electron chi connectivity index (χ3n) is 3.26.